The van der Waals surface area contributed by atoms with Gasteiger partial charge in [0.05, 0.1) is 23.8 Å². The van der Waals surface area contributed by atoms with Gasteiger partial charge in [0.15, 0.2) is 0 Å². The van der Waals surface area contributed by atoms with Crippen molar-refractivity contribution in [2.45, 2.75) is 46.6 Å². The summed E-state index contributed by atoms with van der Waals surface area (Å²) < 4.78 is 0. The van der Waals surface area contributed by atoms with Crippen LogP contribution in [-0.2, 0) is 0 Å². The fourth-order valence-electron chi connectivity index (χ4n) is 1.93. The first-order valence-electron chi connectivity index (χ1n) is 6.61. The maximum absolute atomic E-state index is 4.23. The second-order valence-electron chi connectivity index (χ2n) is 4.79. The van der Waals surface area contributed by atoms with Crippen LogP contribution >= 0.6 is 0 Å². The summed E-state index contributed by atoms with van der Waals surface area (Å²) in [6.07, 6.45) is 6.17. The Hall–Kier alpha value is -1.25. The predicted octanol–water partition coefficient (Wildman–Crippen LogP) is 3.75. The summed E-state index contributed by atoms with van der Waals surface area (Å²) in [5, 5.41) is 6.77. The third kappa shape index (κ3) is 5.07. The van der Waals surface area contributed by atoms with E-state index < -0.39 is 0 Å². The summed E-state index contributed by atoms with van der Waals surface area (Å²) in [7, 11) is 0. The van der Waals surface area contributed by atoms with Crippen LogP contribution < -0.4 is 10.6 Å². The van der Waals surface area contributed by atoms with E-state index in [-0.39, 0.29) is 0 Å². The van der Waals surface area contributed by atoms with E-state index in [0.717, 1.165) is 23.8 Å². The summed E-state index contributed by atoms with van der Waals surface area (Å²) in [5.41, 5.74) is 2.17. The van der Waals surface area contributed by atoms with Crippen LogP contribution in [0.2, 0.25) is 0 Å². The summed E-state index contributed by atoms with van der Waals surface area (Å²) in [6.45, 7) is 9.78. The van der Waals surface area contributed by atoms with Gasteiger partial charge in [-0.2, -0.15) is 0 Å². The Morgan fingerprint density at radius 3 is 2.53 bits per heavy atom. The molecule has 3 nitrogen and oxygen atoms in total. The van der Waals surface area contributed by atoms with Crippen molar-refractivity contribution < 1.29 is 0 Å². The Kier molecular flexibility index (Phi) is 5.81. The quantitative estimate of drug-likeness (QED) is 0.755. The standard InChI is InChI=1S/C14H25N3/c1-5-11(3)7-12(4)17-14-8-13(16-6-2)9-15-10-14/h8-12,16-17H,5-7H2,1-4H3. The van der Waals surface area contributed by atoms with Crippen LogP contribution in [0.1, 0.15) is 40.5 Å². The molecule has 0 spiro atoms. The van der Waals surface area contributed by atoms with Crippen molar-refractivity contribution in [3.63, 3.8) is 0 Å². The van der Waals surface area contributed by atoms with Crippen molar-refractivity contribution in [1.29, 1.82) is 0 Å². The van der Waals surface area contributed by atoms with Gasteiger partial charge in [-0.1, -0.05) is 20.3 Å². The second kappa shape index (κ2) is 7.15. The van der Waals surface area contributed by atoms with Crippen LogP contribution in [0, 0.1) is 5.92 Å². The average Bonchev–Trinajstić information content (AvgIpc) is 2.29. The molecule has 17 heavy (non-hydrogen) atoms. The minimum absolute atomic E-state index is 0.489. The Morgan fingerprint density at radius 1 is 1.18 bits per heavy atom. The van der Waals surface area contributed by atoms with Crippen LogP contribution in [-0.4, -0.2) is 17.6 Å². The zero-order valence-corrected chi connectivity index (χ0v) is 11.5. The van der Waals surface area contributed by atoms with E-state index in [4.69, 9.17) is 0 Å². The van der Waals surface area contributed by atoms with Gasteiger partial charge in [0.25, 0.3) is 0 Å². The molecule has 0 aliphatic heterocycles. The smallest absolute Gasteiger partial charge is 0.0549 e. The molecule has 2 atom stereocenters. The highest BCUT2D eigenvalue weighted by Gasteiger charge is 2.07. The normalized spacial score (nSPS) is 14.1. The van der Waals surface area contributed by atoms with Crippen LogP contribution in [0.3, 0.4) is 0 Å². The minimum atomic E-state index is 0.489. The Balaban J connectivity index is 2.52. The molecule has 0 saturated carbocycles. The number of rotatable bonds is 7. The number of pyridine rings is 1. The third-order valence-corrected chi connectivity index (χ3v) is 2.99. The highest BCUT2D eigenvalue weighted by molar-refractivity contribution is 5.54. The molecule has 0 amide bonds. The second-order valence-corrected chi connectivity index (χ2v) is 4.79. The van der Waals surface area contributed by atoms with Gasteiger partial charge in [-0.25, -0.2) is 0 Å². The van der Waals surface area contributed by atoms with Crippen molar-refractivity contribution in [2.24, 2.45) is 5.92 Å². The number of nitrogens with one attached hydrogen (secondary N) is 2. The maximum atomic E-state index is 4.23. The van der Waals surface area contributed by atoms with Crippen molar-refractivity contribution >= 4 is 11.4 Å². The lowest BCUT2D eigenvalue weighted by Crippen LogP contribution is -2.18. The highest BCUT2D eigenvalue weighted by atomic mass is 14.9. The number of hydrogen-bond acceptors (Lipinski definition) is 3. The molecular formula is C14H25N3. The van der Waals surface area contributed by atoms with Crippen molar-refractivity contribution in [1.82, 2.24) is 4.98 Å². The molecule has 0 saturated heterocycles. The zero-order chi connectivity index (χ0) is 12.7. The molecule has 0 aromatic carbocycles. The summed E-state index contributed by atoms with van der Waals surface area (Å²) >= 11 is 0. The molecular weight excluding hydrogens is 210 g/mol. The van der Waals surface area contributed by atoms with E-state index >= 15 is 0 Å². The van der Waals surface area contributed by atoms with E-state index in [0.29, 0.717) is 6.04 Å². The first-order chi connectivity index (χ1) is 8.15. The molecule has 2 unspecified atom stereocenters. The Morgan fingerprint density at radius 2 is 1.88 bits per heavy atom. The predicted molar refractivity (Wildman–Crippen MR) is 75.6 cm³/mol. The first kappa shape index (κ1) is 13.8. The Bertz CT molecular complexity index is 325. The number of aromatic nitrogens is 1. The average molecular weight is 235 g/mol. The molecule has 96 valence electrons. The molecule has 0 fully saturated rings. The topological polar surface area (TPSA) is 37.0 Å². The molecule has 0 aliphatic carbocycles. The van der Waals surface area contributed by atoms with E-state index in [1.807, 2.05) is 12.4 Å². The number of nitrogens with zero attached hydrogens (tertiary/aromatic N) is 1. The lowest BCUT2D eigenvalue weighted by molar-refractivity contribution is 0.484. The SMILES string of the molecule is CCNc1cncc(NC(C)CC(C)CC)c1. The zero-order valence-electron chi connectivity index (χ0n) is 11.5. The fourth-order valence-corrected chi connectivity index (χ4v) is 1.93. The van der Waals surface area contributed by atoms with Gasteiger partial charge in [0, 0.05) is 12.6 Å². The monoisotopic (exact) mass is 235 g/mol. The molecule has 1 aromatic heterocycles. The van der Waals surface area contributed by atoms with Gasteiger partial charge < -0.3 is 10.6 Å². The summed E-state index contributed by atoms with van der Waals surface area (Å²) in [5.74, 6) is 0.766. The molecule has 0 bridgehead atoms. The first-order valence-corrected chi connectivity index (χ1v) is 6.61. The molecule has 1 aromatic rings. The van der Waals surface area contributed by atoms with Gasteiger partial charge in [-0.15, -0.1) is 0 Å². The van der Waals surface area contributed by atoms with Crippen LogP contribution in [0.25, 0.3) is 0 Å². The van der Waals surface area contributed by atoms with Gasteiger partial charge in [-0.05, 0) is 32.3 Å². The highest BCUT2D eigenvalue weighted by Crippen LogP contribution is 2.17. The fraction of sp³-hybridized carbons (Fsp3) is 0.643. The number of hydrogen-bond donors (Lipinski definition) is 2. The van der Waals surface area contributed by atoms with Gasteiger partial charge in [0.2, 0.25) is 0 Å². The third-order valence-electron chi connectivity index (χ3n) is 2.99. The van der Waals surface area contributed by atoms with E-state index in [1.54, 1.807) is 0 Å². The van der Waals surface area contributed by atoms with Crippen LogP contribution in [0.5, 0.6) is 0 Å². The molecule has 1 rings (SSSR count). The summed E-state index contributed by atoms with van der Waals surface area (Å²) in [4.78, 5) is 4.23. The van der Waals surface area contributed by atoms with Crippen LogP contribution in [0.4, 0.5) is 11.4 Å². The molecule has 1 heterocycles. The summed E-state index contributed by atoms with van der Waals surface area (Å²) in [6, 6.07) is 2.60. The van der Waals surface area contributed by atoms with Crippen molar-refractivity contribution in [3.8, 4) is 0 Å². The molecule has 2 N–H and O–H groups in total. The van der Waals surface area contributed by atoms with Crippen LogP contribution in [0.15, 0.2) is 18.5 Å². The lowest BCUT2D eigenvalue weighted by Gasteiger charge is -2.18. The van der Waals surface area contributed by atoms with Gasteiger partial charge >= 0.3 is 0 Å². The van der Waals surface area contributed by atoms with Crippen molar-refractivity contribution in [2.75, 3.05) is 17.2 Å². The van der Waals surface area contributed by atoms with E-state index in [1.165, 1.54) is 12.8 Å². The largest absolute Gasteiger partial charge is 0.384 e. The van der Waals surface area contributed by atoms with Crippen molar-refractivity contribution in [3.05, 3.63) is 18.5 Å². The van der Waals surface area contributed by atoms with E-state index in [9.17, 15) is 0 Å². The maximum Gasteiger partial charge on any atom is 0.0549 e. The Labute approximate surface area is 105 Å². The molecule has 0 radical (unpaired) electrons. The van der Waals surface area contributed by atoms with Gasteiger partial charge in [-0.3, -0.25) is 4.98 Å². The lowest BCUT2D eigenvalue weighted by atomic mass is 10.0. The molecule has 0 aliphatic rings. The minimum Gasteiger partial charge on any atom is -0.384 e. The molecule has 3 heteroatoms. The number of anilines is 2. The van der Waals surface area contributed by atoms with E-state index in [2.05, 4.69) is 49.4 Å². The van der Waals surface area contributed by atoms with Gasteiger partial charge in [0.1, 0.15) is 0 Å².